The molecule has 0 aliphatic heterocycles. The average molecular weight is 552 g/mol. The van der Waals surface area contributed by atoms with Gasteiger partial charge < -0.3 is 0 Å². The molecule has 0 nitrogen and oxygen atoms in total. The quantitative estimate of drug-likeness (QED) is 0.132. The van der Waals surface area contributed by atoms with Crippen LogP contribution in [0.15, 0.2) is 23.5 Å². The number of hydrogen-bond acceptors (Lipinski definition) is 0. The molecule has 0 fully saturated rings. The van der Waals surface area contributed by atoms with E-state index in [0.29, 0.717) is 0 Å². The fourth-order valence-corrected chi connectivity index (χ4v) is 3.41. The zero-order chi connectivity index (χ0) is 17.0. The number of hydrogen-bond donors (Lipinski definition) is 0. The first-order valence-electron chi connectivity index (χ1n) is 5.32. The standard InChI is InChI=1S/C12H2F8I2/c13-3-1-2(5(14)8(17)6(3)15)4-7(16)9(18)10(19)11(20)12(4,21)22/h1,11H. The molecule has 0 radical (unpaired) electrons. The maximum Gasteiger partial charge on any atom is 0.198 e. The van der Waals surface area contributed by atoms with Gasteiger partial charge in [-0.15, -0.1) is 0 Å². The van der Waals surface area contributed by atoms with Gasteiger partial charge in [0.15, 0.2) is 46.9 Å². The van der Waals surface area contributed by atoms with Crippen LogP contribution < -0.4 is 0 Å². The van der Waals surface area contributed by atoms with Gasteiger partial charge in [-0.25, -0.2) is 35.1 Å². The molecule has 0 spiro atoms. The van der Waals surface area contributed by atoms with E-state index in [9.17, 15) is 35.1 Å². The molecular formula is C12H2F8I2. The second-order valence-electron chi connectivity index (χ2n) is 4.18. The van der Waals surface area contributed by atoms with Gasteiger partial charge in [0.05, 0.1) is 0 Å². The molecule has 1 aromatic rings. The molecule has 10 heteroatoms. The monoisotopic (exact) mass is 552 g/mol. The molecule has 0 aromatic heterocycles. The highest BCUT2D eigenvalue weighted by Crippen LogP contribution is 2.55. The van der Waals surface area contributed by atoms with Crippen LogP contribution >= 0.6 is 45.2 Å². The summed E-state index contributed by atoms with van der Waals surface area (Å²) in [7, 11) is 0. The number of halogens is 10. The van der Waals surface area contributed by atoms with Gasteiger partial charge in [0, 0.05) is 11.1 Å². The summed E-state index contributed by atoms with van der Waals surface area (Å²) in [5, 5.41) is 0. The minimum atomic E-state index is -2.74. The third-order valence-corrected chi connectivity index (χ3v) is 5.04. The molecule has 22 heavy (non-hydrogen) atoms. The van der Waals surface area contributed by atoms with Crippen LogP contribution in [-0.2, 0) is 0 Å². The lowest BCUT2D eigenvalue weighted by atomic mass is 9.93. The molecule has 0 N–H and O–H groups in total. The average Bonchev–Trinajstić information content (AvgIpc) is 2.46. The summed E-state index contributed by atoms with van der Waals surface area (Å²) in [6.07, 6.45) is -2.74. The molecule has 2 rings (SSSR count). The topological polar surface area (TPSA) is 0 Å². The molecule has 0 saturated carbocycles. The van der Waals surface area contributed by atoms with E-state index < -0.39 is 59.5 Å². The summed E-state index contributed by atoms with van der Waals surface area (Å²) >= 11 is 2.28. The van der Waals surface area contributed by atoms with Crippen molar-refractivity contribution in [3.63, 3.8) is 0 Å². The maximum absolute atomic E-state index is 13.9. The molecular weight excluding hydrogens is 550 g/mol. The van der Waals surface area contributed by atoms with E-state index in [1.807, 2.05) is 0 Å². The van der Waals surface area contributed by atoms with Crippen LogP contribution in [0.1, 0.15) is 5.56 Å². The van der Waals surface area contributed by atoms with Gasteiger partial charge in [0.1, 0.15) is 1.43 Å². The minimum Gasteiger partial charge on any atom is -0.237 e. The van der Waals surface area contributed by atoms with Crippen LogP contribution in [0.2, 0.25) is 0 Å². The van der Waals surface area contributed by atoms with E-state index in [4.69, 9.17) is 0 Å². The lowest BCUT2D eigenvalue weighted by Gasteiger charge is -2.31. The third-order valence-electron chi connectivity index (χ3n) is 2.87. The molecule has 1 unspecified atom stereocenters. The summed E-state index contributed by atoms with van der Waals surface area (Å²) in [6, 6.07) is 0.0535. The Morgan fingerprint density at radius 2 is 1.36 bits per heavy atom. The lowest BCUT2D eigenvalue weighted by Crippen LogP contribution is -2.33. The second-order valence-corrected chi connectivity index (χ2v) is 9.65. The van der Waals surface area contributed by atoms with Gasteiger partial charge in [-0.3, -0.25) is 0 Å². The Balaban J connectivity index is 2.86. The summed E-state index contributed by atoms with van der Waals surface area (Å²) in [6.45, 7) is 0. The van der Waals surface area contributed by atoms with Crippen LogP contribution in [-0.4, -0.2) is 7.60 Å². The van der Waals surface area contributed by atoms with Gasteiger partial charge in [-0.1, -0.05) is 45.2 Å². The first-order chi connectivity index (χ1) is 10.0. The van der Waals surface area contributed by atoms with E-state index >= 15 is 0 Å². The molecule has 120 valence electrons. The molecule has 0 bridgehead atoms. The molecule has 1 aliphatic rings. The fraction of sp³-hybridized carbons (Fsp3) is 0.167. The van der Waals surface area contributed by atoms with Crippen molar-refractivity contribution >= 4 is 50.8 Å². The van der Waals surface area contributed by atoms with Gasteiger partial charge in [-0.2, -0.15) is 0 Å². The number of allylic oxidation sites excluding steroid dienone is 4. The molecule has 1 atom stereocenters. The van der Waals surface area contributed by atoms with Crippen LogP contribution in [0, 0.1) is 23.3 Å². The Morgan fingerprint density at radius 1 is 0.818 bits per heavy atom. The largest absolute Gasteiger partial charge is 0.237 e. The zero-order valence-corrected chi connectivity index (χ0v) is 14.2. The first kappa shape index (κ1) is 17.9. The van der Waals surface area contributed by atoms with Crippen molar-refractivity contribution in [3.05, 3.63) is 52.4 Å². The van der Waals surface area contributed by atoms with Crippen LogP contribution in [0.5, 0.6) is 0 Å². The smallest absolute Gasteiger partial charge is 0.198 e. The molecule has 0 heterocycles. The Labute approximate surface area is 145 Å². The predicted octanol–water partition coefficient (Wildman–Crippen LogP) is 5.99. The maximum atomic E-state index is 13.9. The fourth-order valence-electron chi connectivity index (χ4n) is 1.81. The van der Waals surface area contributed by atoms with Crippen molar-refractivity contribution in [3.8, 4) is 0 Å². The van der Waals surface area contributed by atoms with E-state index in [1.165, 1.54) is 0 Å². The Kier molecular flexibility index (Phi) is 4.82. The summed E-state index contributed by atoms with van der Waals surface area (Å²) in [5.41, 5.74) is -2.39. The van der Waals surface area contributed by atoms with Gasteiger partial charge in [-0.05, 0) is 6.07 Å². The number of alkyl halides is 3. The highest BCUT2D eigenvalue weighted by molar-refractivity contribution is 14.2. The Bertz CT molecular complexity index is 722. The molecule has 0 amide bonds. The van der Waals surface area contributed by atoms with Crippen molar-refractivity contribution in [1.82, 2.24) is 0 Å². The van der Waals surface area contributed by atoms with Crippen LogP contribution in [0.3, 0.4) is 0 Å². The SMILES string of the molecule is FC1=C(F)C(F)C(I)(I)C(c2cc(F)c(F)c(F)c2F)=C1F. The first-order valence-corrected chi connectivity index (χ1v) is 7.48. The van der Waals surface area contributed by atoms with E-state index in [2.05, 4.69) is 0 Å². The molecule has 0 saturated heterocycles. The Hall–Kier alpha value is -0.400. The van der Waals surface area contributed by atoms with Crippen molar-refractivity contribution < 1.29 is 35.1 Å². The third kappa shape index (κ3) is 2.55. The van der Waals surface area contributed by atoms with Crippen molar-refractivity contribution in [1.29, 1.82) is 0 Å². The number of benzene rings is 1. The highest BCUT2D eigenvalue weighted by Gasteiger charge is 2.50. The Morgan fingerprint density at radius 3 is 1.91 bits per heavy atom. The van der Waals surface area contributed by atoms with E-state index in [0.717, 1.165) is 45.2 Å². The predicted molar refractivity (Wildman–Crippen MR) is 79.2 cm³/mol. The zero-order valence-electron chi connectivity index (χ0n) is 9.93. The lowest BCUT2D eigenvalue weighted by molar-refractivity contribution is 0.309. The highest BCUT2D eigenvalue weighted by atomic mass is 127. The second kappa shape index (κ2) is 5.91. The normalized spacial score (nSPS) is 21.6. The van der Waals surface area contributed by atoms with Crippen molar-refractivity contribution in [2.75, 3.05) is 0 Å². The van der Waals surface area contributed by atoms with E-state index in [-0.39, 0.29) is 6.07 Å². The van der Waals surface area contributed by atoms with Crippen LogP contribution in [0.4, 0.5) is 35.1 Å². The molecule has 1 aromatic carbocycles. The van der Waals surface area contributed by atoms with Crippen LogP contribution in [0.25, 0.3) is 5.57 Å². The summed E-state index contributed by atoms with van der Waals surface area (Å²) < 4.78 is 105. The van der Waals surface area contributed by atoms with Crippen molar-refractivity contribution in [2.24, 2.45) is 0 Å². The van der Waals surface area contributed by atoms with E-state index in [1.54, 1.807) is 0 Å². The van der Waals surface area contributed by atoms with Gasteiger partial charge >= 0.3 is 0 Å². The summed E-state index contributed by atoms with van der Waals surface area (Å²) in [5.74, 6) is -14.7. The molecule has 1 aliphatic carbocycles. The summed E-state index contributed by atoms with van der Waals surface area (Å²) in [4.78, 5) is 0. The van der Waals surface area contributed by atoms with Gasteiger partial charge in [0.2, 0.25) is 0 Å². The van der Waals surface area contributed by atoms with Crippen molar-refractivity contribution in [2.45, 2.75) is 7.60 Å². The van der Waals surface area contributed by atoms with Gasteiger partial charge in [0.25, 0.3) is 0 Å². The number of rotatable bonds is 1. The minimum absolute atomic E-state index is 0.0535.